The fourth-order valence-electron chi connectivity index (χ4n) is 2.72. The molecule has 1 fully saturated rings. The van der Waals surface area contributed by atoms with E-state index in [1.807, 2.05) is 4.90 Å². The van der Waals surface area contributed by atoms with E-state index in [9.17, 15) is 22.8 Å². The van der Waals surface area contributed by atoms with E-state index < -0.39 is 17.3 Å². The van der Waals surface area contributed by atoms with Crippen molar-refractivity contribution in [2.75, 3.05) is 31.1 Å². The van der Waals surface area contributed by atoms with Gasteiger partial charge in [0.15, 0.2) is 0 Å². The Hall–Kier alpha value is -2.91. The van der Waals surface area contributed by atoms with E-state index in [0.717, 1.165) is 12.3 Å². The van der Waals surface area contributed by atoms with Crippen LogP contribution in [0.3, 0.4) is 0 Å². The number of rotatable bonds is 2. The number of carbonyl (C=O) groups excluding carboxylic acids is 1. The number of nitrogens with zero attached hydrogens (tertiary/aromatic N) is 4. The van der Waals surface area contributed by atoms with Gasteiger partial charge in [-0.3, -0.25) is 9.59 Å². The van der Waals surface area contributed by atoms with Gasteiger partial charge in [0.1, 0.15) is 11.5 Å². The van der Waals surface area contributed by atoms with Gasteiger partial charge in [0.05, 0.1) is 5.56 Å². The number of hydrogen-bond acceptors (Lipinski definition) is 5. The fourth-order valence-corrected chi connectivity index (χ4v) is 2.72. The average molecular weight is 367 g/mol. The first-order chi connectivity index (χ1) is 12.3. The third-order valence-corrected chi connectivity index (χ3v) is 4.08. The topological polar surface area (TPSA) is 82.2 Å². The summed E-state index contributed by atoms with van der Waals surface area (Å²) in [4.78, 5) is 30.8. The molecule has 0 bridgehead atoms. The molecule has 1 amide bonds. The minimum atomic E-state index is -4.42. The summed E-state index contributed by atoms with van der Waals surface area (Å²) >= 11 is 0. The van der Waals surface area contributed by atoms with E-state index in [1.165, 1.54) is 18.2 Å². The van der Waals surface area contributed by atoms with Crippen LogP contribution < -0.4 is 10.5 Å². The lowest BCUT2D eigenvalue weighted by atomic mass is 10.2. The highest BCUT2D eigenvalue weighted by molar-refractivity contribution is 5.92. The molecule has 0 unspecified atom stereocenters. The number of carbonyl (C=O) groups is 1. The summed E-state index contributed by atoms with van der Waals surface area (Å²) in [6.45, 7) is 1.87. The van der Waals surface area contributed by atoms with Crippen LogP contribution in [0.1, 0.15) is 22.5 Å². The molecule has 26 heavy (non-hydrogen) atoms. The van der Waals surface area contributed by atoms with Crippen molar-refractivity contribution in [2.24, 2.45) is 0 Å². The number of alkyl halides is 3. The predicted octanol–water partition coefficient (Wildman–Crippen LogP) is 1.54. The Labute approximate surface area is 146 Å². The number of halogens is 3. The van der Waals surface area contributed by atoms with E-state index in [0.29, 0.717) is 38.4 Å². The molecular formula is C16H16F3N5O2. The monoisotopic (exact) mass is 367 g/mol. The van der Waals surface area contributed by atoms with Crippen molar-refractivity contribution in [1.82, 2.24) is 20.1 Å². The van der Waals surface area contributed by atoms with Crippen molar-refractivity contribution < 1.29 is 18.0 Å². The first-order valence-electron chi connectivity index (χ1n) is 7.98. The molecule has 2 aromatic heterocycles. The Morgan fingerprint density at radius 3 is 2.50 bits per heavy atom. The molecule has 138 valence electrons. The maximum Gasteiger partial charge on any atom is 0.417 e. The molecule has 1 saturated heterocycles. The second-order valence-corrected chi connectivity index (χ2v) is 5.84. The van der Waals surface area contributed by atoms with Gasteiger partial charge in [0.2, 0.25) is 0 Å². The third-order valence-electron chi connectivity index (χ3n) is 4.08. The first-order valence-corrected chi connectivity index (χ1v) is 7.98. The highest BCUT2D eigenvalue weighted by Gasteiger charge is 2.31. The average Bonchev–Trinajstić information content (AvgIpc) is 2.87. The first kappa shape index (κ1) is 17.9. The van der Waals surface area contributed by atoms with Gasteiger partial charge in [0, 0.05) is 38.4 Å². The lowest BCUT2D eigenvalue weighted by Crippen LogP contribution is -2.36. The van der Waals surface area contributed by atoms with Gasteiger partial charge in [-0.05, 0) is 24.6 Å². The summed E-state index contributed by atoms with van der Waals surface area (Å²) in [5, 5.41) is 5.95. The molecule has 7 nitrogen and oxygen atoms in total. The molecule has 1 N–H and O–H groups in total. The van der Waals surface area contributed by atoms with Gasteiger partial charge in [-0.2, -0.15) is 18.3 Å². The second kappa shape index (κ2) is 7.14. The van der Waals surface area contributed by atoms with E-state index in [4.69, 9.17) is 0 Å². The summed E-state index contributed by atoms with van der Waals surface area (Å²) in [6.07, 6.45) is -2.97. The highest BCUT2D eigenvalue weighted by atomic mass is 19.4. The Morgan fingerprint density at radius 2 is 1.88 bits per heavy atom. The minimum absolute atomic E-state index is 0.144. The van der Waals surface area contributed by atoms with Crippen molar-refractivity contribution in [1.29, 1.82) is 0 Å². The zero-order chi connectivity index (χ0) is 18.7. The molecule has 10 heteroatoms. The van der Waals surface area contributed by atoms with Crippen LogP contribution in [-0.4, -0.2) is 52.2 Å². The van der Waals surface area contributed by atoms with E-state index in [-0.39, 0.29) is 11.6 Å². The molecular weight excluding hydrogens is 351 g/mol. The van der Waals surface area contributed by atoms with E-state index in [1.54, 1.807) is 4.90 Å². The predicted molar refractivity (Wildman–Crippen MR) is 86.8 cm³/mol. The summed E-state index contributed by atoms with van der Waals surface area (Å²) in [5.74, 6) is 0.137. The third kappa shape index (κ3) is 4.01. The minimum Gasteiger partial charge on any atom is -0.355 e. The van der Waals surface area contributed by atoms with Crippen LogP contribution in [0.15, 0.2) is 35.3 Å². The standard InChI is InChI=1S/C16H16F3N5O2/c17-16(18,19)11-2-4-13(20-10-11)23-6-1-7-24(9-8-23)15(26)12-3-5-14(25)22-21-12/h2-5,10H,1,6-9H2,(H,22,25). The van der Waals surface area contributed by atoms with Crippen LogP contribution in [-0.2, 0) is 6.18 Å². The molecule has 3 rings (SSSR count). The zero-order valence-electron chi connectivity index (χ0n) is 13.7. The number of aromatic nitrogens is 3. The number of H-pyrrole nitrogens is 1. The number of nitrogens with one attached hydrogen (secondary N) is 1. The Balaban J connectivity index is 1.67. The molecule has 1 aliphatic rings. The van der Waals surface area contributed by atoms with Gasteiger partial charge >= 0.3 is 6.18 Å². The highest BCUT2D eigenvalue weighted by Crippen LogP contribution is 2.29. The Bertz CT molecular complexity index is 815. The van der Waals surface area contributed by atoms with Gasteiger partial charge in [-0.25, -0.2) is 10.1 Å². The number of hydrogen-bond donors (Lipinski definition) is 1. The number of pyridine rings is 1. The summed E-state index contributed by atoms with van der Waals surface area (Å²) in [6, 6.07) is 4.93. The SMILES string of the molecule is O=C(c1ccc(=O)[nH]n1)N1CCCN(c2ccc(C(F)(F)F)cn2)CC1. The molecule has 0 atom stereocenters. The summed E-state index contributed by atoms with van der Waals surface area (Å²) < 4.78 is 37.9. The lowest BCUT2D eigenvalue weighted by molar-refractivity contribution is -0.137. The van der Waals surface area contributed by atoms with Crippen molar-refractivity contribution in [2.45, 2.75) is 12.6 Å². The zero-order valence-corrected chi connectivity index (χ0v) is 13.7. The van der Waals surface area contributed by atoms with Crippen molar-refractivity contribution in [3.05, 3.63) is 52.1 Å². The molecule has 0 aromatic carbocycles. The molecule has 0 aliphatic carbocycles. The van der Waals surface area contributed by atoms with Crippen LogP contribution >= 0.6 is 0 Å². The lowest BCUT2D eigenvalue weighted by Gasteiger charge is -2.23. The molecule has 0 radical (unpaired) electrons. The number of amides is 1. The van der Waals surface area contributed by atoms with Gasteiger partial charge in [0.25, 0.3) is 11.5 Å². The largest absolute Gasteiger partial charge is 0.417 e. The van der Waals surface area contributed by atoms with Crippen LogP contribution in [0, 0.1) is 0 Å². The number of anilines is 1. The summed E-state index contributed by atoms with van der Waals surface area (Å²) in [5.41, 5.74) is -1.04. The Kier molecular flexibility index (Phi) is 4.92. The second-order valence-electron chi connectivity index (χ2n) is 5.84. The van der Waals surface area contributed by atoms with Crippen LogP contribution in [0.5, 0.6) is 0 Å². The summed E-state index contributed by atoms with van der Waals surface area (Å²) in [7, 11) is 0. The van der Waals surface area contributed by atoms with Crippen LogP contribution in [0.2, 0.25) is 0 Å². The number of aromatic amines is 1. The smallest absolute Gasteiger partial charge is 0.355 e. The molecule has 3 heterocycles. The maximum atomic E-state index is 12.6. The van der Waals surface area contributed by atoms with E-state index >= 15 is 0 Å². The molecule has 0 spiro atoms. The van der Waals surface area contributed by atoms with Crippen molar-refractivity contribution in [3.8, 4) is 0 Å². The normalized spacial score (nSPS) is 15.7. The molecule has 0 saturated carbocycles. The van der Waals surface area contributed by atoms with E-state index in [2.05, 4.69) is 15.2 Å². The quantitative estimate of drug-likeness (QED) is 0.871. The molecule has 2 aromatic rings. The fraction of sp³-hybridized carbons (Fsp3) is 0.375. The van der Waals surface area contributed by atoms with Crippen LogP contribution in [0.4, 0.5) is 19.0 Å². The van der Waals surface area contributed by atoms with Crippen LogP contribution in [0.25, 0.3) is 0 Å². The van der Waals surface area contributed by atoms with Crippen molar-refractivity contribution in [3.63, 3.8) is 0 Å². The van der Waals surface area contributed by atoms with Gasteiger partial charge in [-0.1, -0.05) is 0 Å². The molecule has 1 aliphatic heterocycles. The van der Waals surface area contributed by atoms with Crippen molar-refractivity contribution >= 4 is 11.7 Å². The van der Waals surface area contributed by atoms with Gasteiger partial charge in [-0.15, -0.1) is 0 Å². The maximum absolute atomic E-state index is 12.6. The Morgan fingerprint density at radius 1 is 1.08 bits per heavy atom. The van der Waals surface area contributed by atoms with Gasteiger partial charge < -0.3 is 9.80 Å².